The van der Waals surface area contributed by atoms with Crippen molar-refractivity contribution in [1.82, 2.24) is 4.98 Å². The molecule has 1 unspecified atom stereocenters. The summed E-state index contributed by atoms with van der Waals surface area (Å²) in [6.45, 7) is 6.27. The maximum Gasteiger partial charge on any atom is 0.146 e. The van der Waals surface area contributed by atoms with Crippen molar-refractivity contribution >= 4 is 5.82 Å². The summed E-state index contributed by atoms with van der Waals surface area (Å²) in [5.74, 6) is 0.795. The predicted octanol–water partition coefficient (Wildman–Crippen LogP) is 2.89. The highest BCUT2D eigenvalue weighted by Gasteiger charge is 2.14. The monoisotopic (exact) mass is 217 g/mol. The summed E-state index contributed by atoms with van der Waals surface area (Å²) in [7, 11) is 2.00. The summed E-state index contributed by atoms with van der Waals surface area (Å²) in [4.78, 5) is 6.54. The van der Waals surface area contributed by atoms with Gasteiger partial charge in [0.1, 0.15) is 11.9 Å². The average molecular weight is 217 g/mol. The van der Waals surface area contributed by atoms with Gasteiger partial charge in [-0.15, -0.1) is 0 Å². The molecular weight excluding hydrogens is 198 g/mol. The Balaban J connectivity index is 3.02. The molecule has 16 heavy (non-hydrogen) atoms. The third-order valence-corrected chi connectivity index (χ3v) is 2.84. The highest BCUT2D eigenvalue weighted by molar-refractivity contribution is 5.54. The van der Waals surface area contributed by atoms with Crippen LogP contribution in [-0.2, 0) is 0 Å². The van der Waals surface area contributed by atoms with Crippen molar-refractivity contribution in [3.63, 3.8) is 0 Å². The van der Waals surface area contributed by atoms with Crippen LogP contribution in [0.2, 0.25) is 0 Å². The number of nitrogens with zero attached hydrogens (tertiary/aromatic N) is 3. The predicted molar refractivity (Wildman–Crippen MR) is 66.5 cm³/mol. The summed E-state index contributed by atoms with van der Waals surface area (Å²) in [5, 5.41) is 9.05. The molecule has 0 radical (unpaired) electrons. The van der Waals surface area contributed by atoms with Gasteiger partial charge in [-0.2, -0.15) is 5.26 Å². The first-order valence-electron chi connectivity index (χ1n) is 5.70. The molecule has 0 saturated carbocycles. The Kier molecular flexibility index (Phi) is 4.30. The van der Waals surface area contributed by atoms with Crippen molar-refractivity contribution in [1.29, 1.82) is 5.26 Å². The number of anilines is 1. The van der Waals surface area contributed by atoms with Gasteiger partial charge in [-0.05, 0) is 32.4 Å². The molecule has 0 saturated heterocycles. The van der Waals surface area contributed by atoms with E-state index in [0.717, 1.165) is 24.4 Å². The molecule has 0 aliphatic rings. The van der Waals surface area contributed by atoms with Crippen LogP contribution in [0, 0.1) is 18.3 Å². The Hall–Kier alpha value is -1.56. The van der Waals surface area contributed by atoms with Crippen molar-refractivity contribution in [3.8, 4) is 6.07 Å². The molecule has 0 spiro atoms. The van der Waals surface area contributed by atoms with Crippen LogP contribution in [0.4, 0.5) is 5.82 Å². The van der Waals surface area contributed by atoms with Crippen molar-refractivity contribution < 1.29 is 0 Å². The molecule has 3 nitrogen and oxygen atoms in total. The number of hydrogen-bond acceptors (Lipinski definition) is 3. The van der Waals surface area contributed by atoms with E-state index in [1.54, 1.807) is 0 Å². The third-order valence-electron chi connectivity index (χ3n) is 2.84. The van der Waals surface area contributed by atoms with E-state index in [0.29, 0.717) is 11.6 Å². The Morgan fingerprint density at radius 1 is 1.50 bits per heavy atom. The SMILES string of the molecule is CCCC(C)N(C)c1nc(C)ccc1C#N. The molecule has 1 aromatic heterocycles. The number of nitriles is 1. The van der Waals surface area contributed by atoms with Gasteiger partial charge < -0.3 is 4.90 Å². The lowest BCUT2D eigenvalue weighted by Gasteiger charge is -2.26. The molecular formula is C13H19N3. The number of aryl methyl sites for hydroxylation is 1. The van der Waals surface area contributed by atoms with Gasteiger partial charge in [-0.25, -0.2) is 4.98 Å². The van der Waals surface area contributed by atoms with Crippen molar-refractivity contribution in [2.75, 3.05) is 11.9 Å². The Morgan fingerprint density at radius 3 is 2.75 bits per heavy atom. The molecule has 0 N–H and O–H groups in total. The van der Waals surface area contributed by atoms with Crippen LogP contribution < -0.4 is 4.90 Å². The van der Waals surface area contributed by atoms with Crippen LogP contribution in [-0.4, -0.2) is 18.1 Å². The highest BCUT2D eigenvalue weighted by atomic mass is 15.2. The van der Waals surface area contributed by atoms with Gasteiger partial charge in [0, 0.05) is 18.8 Å². The lowest BCUT2D eigenvalue weighted by molar-refractivity contribution is 0.610. The number of aromatic nitrogens is 1. The smallest absolute Gasteiger partial charge is 0.146 e. The molecule has 0 aromatic carbocycles. The van der Waals surface area contributed by atoms with E-state index in [2.05, 4.69) is 29.8 Å². The molecule has 1 aromatic rings. The van der Waals surface area contributed by atoms with E-state index in [4.69, 9.17) is 5.26 Å². The van der Waals surface area contributed by atoms with Crippen LogP contribution in [0.3, 0.4) is 0 Å². The number of pyridine rings is 1. The highest BCUT2D eigenvalue weighted by Crippen LogP contribution is 2.20. The molecule has 1 heterocycles. The maximum absolute atomic E-state index is 9.05. The van der Waals surface area contributed by atoms with E-state index in [-0.39, 0.29) is 0 Å². The minimum atomic E-state index is 0.409. The Bertz CT molecular complexity index is 393. The molecule has 0 aliphatic carbocycles. The zero-order valence-corrected chi connectivity index (χ0v) is 10.5. The summed E-state index contributed by atoms with van der Waals surface area (Å²) in [6.07, 6.45) is 2.25. The zero-order valence-electron chi connectivity index (χ0n) is 10.5. The maximum atomic E-state index is 9.05. The quantitative estimate of drug-likeness (QED) is 0.778. The minimum Gasteiger partial charge on any atom is -0.356 e. The number of rotatable bonds is 4. The topological polar surface area (TPSA) is 39.9 Å². The Labute approximate surface area is 97.7 Å². The van der Waals surface area contributed by atoms with Gasteiger partial charge in [-0.1, -0.05) is 13.3 Å². The van der Waals surface area contributed by atoms with Crippen LogP contribution >= 0.6 is 0 Å². The standard InChI is InChI=1S/C13H19N3/c1-5-6-11(3)16(4)13-12(9-14)8-7-10(2)15-13/h7-8,11H,5-6H2,1-4H3. The van der Waals surface area contributed by atoms with E-state index < -0.39 is 0 Å². The molecule has 0 bridgehead atoms. The van der Waals surface area contributed by atoms with Gasteiger partial charge >= 0.3 is 0 Å². The lowest BCUT2D eigenvalue weighted by atomic mass is 10.1. The van der Waals surface area contributed by atoms with E-state index in [9.17, 15) is 0 Å². The molecule has 1 atom stereocenters. The van der Waals surface area contributed by atoms with E-state index in [1.807, 2.05) is 26.1 Å². The first-order chi connectivity index (χ1) is 7.60. The average Bonchev–Trinajstić information content (AvgIpc) is 2.28. The summed E-state index contributed by atoms with van der Waals surface area (Å²) >= 11 is 0. The van der Waals surface area contributed by atoms with Crippen LogP contribution in [0.5, 0.6) is 0 Å². The van der Waals surface area contributed by atoms with Gasteiger partial charge in [0.15, 0.2) is 0 Å². The summed E-state index contributed by atoms with van der Waals surface area (Å²) < 4.78 is 0. The molecule has 0 aliphatic heterocycles. The molecule has 0 fully saturated rings. The van der Waals surface area contributed by atoms with Gasteiger partial charge in [-0.3, -0.25) is 0 Å². The number of hydrogen-bond donors (Lipinski definition) is 0. The van der Waals surface area contributed by atoms with Crippen molar-refractivity contribution in [2.45, 2.75) is 39.7 Å². The second-order valence-electron chi connectivity index (χ2n) is 4.18. The van der Waals surface area contributed by atoms with Crippen LogP contribution in [0.15, 0.2) is 12.1 Å². The Morgan fingerprint density at radius 2 is 2.19 bits per heavy atom. The second kappa shape index (κ2) is 5.50. The van der Waals surface area contributed by atoms with Gasteiger partial charge in [0.2, 0.25) is 0 Å². The normalized spacial score (nSPS) is 11.9. The fraction of sp³-hybridized carbons (Fsp3) is 0.538. The van der Waals surface area contributed by atoms with Crippen LogP contribution in [0.25, 0.3) is 0 Å². The minimum absolute atomic E-state index is 0.409. The summed E-state index contributed by atoms with van der Waals surface area (Å²) in [6, 6.07) is 6.32. The van der Waals surface area contributed by atoms with Crippen molar-refractivity contribution in [2.24, 2.45) is 0 Å². The van der Waals surface area contributed by atoms with E-state index >= 15 is 0 Å². The molecule has 0 amide bonds. The van der Waals surface area contributed by atoms with Crippen LogP contribution in [0.1, 0.15) is 37.9 Å². The molecule has 1 rings (SSSR count). The fourth-order valence-electron chi connectivity index (χ4n) is 1.72. The van der Waals surface area contributed by atoms with E-state index in [1.165, 1.54) is 0 Å². The largest absolute Gasteiger partial charge is 0.356 e. The zero-order chi connectivity index (χ0) is 12.1. The van der Waals surface area contributed by atoms with Crippen molar-refractivity contribution in [3.05, 3.63) is 23.4 Å². The first-order valence-corrected chi connectivity index (χ1v) is 5.70. The fourth-order valence-corrected chi connectivity index (χ4v) is 1.72. The molecule has 86 valence electrons. The van der Waals surface area contributed by atoms with Gasteiger partial charge in [0.25, 0.3) is 0 Å². The second-order valence-corrected chi connectivity index (χ2v) is 4.18. The first kappa shape index (κ1) is 12.5. The molecule has 3 heteroatoms. The summed E-state index contributed by atoms with van der Waals surface area (Å²) in [5.41, 5.74) is 1.60. The van der Waals surface area contributed by atoms with Gasteiger partial charge in [0.05, 0.1) is 5.56 Å². The lowest BCUT2D eigenvalue weighted by Crippen LogP contribution is -2.30. The third kappa shape index (κ3) is 2.73.